The van der Waals surface area contributed by atoms with Gasteiger partial charge >= 0.3 is 0 Å². The van der Waals surface area contributed by atoms with E-state index in [0.29, 0.717) is 42.1 Å². The van der Waals surface area contributed by atoms with Gasteiger partial charge in [0.15, 0.2) is 9.84 Å². The summed E-state index contributed by atoms with van der Waals surface area (Å²) in [6.07, 6.45) is 0.837. The minimum absolute atomic E-state index is 0.0764. The van der Waals surface area contributed by atoms with E-state index < -0.39 is 15.1 Å². The van der Waals surface area contributed by atoms with Crippen LogP contribution in [0.3, 0.4) is 0 Å². The Bertz CT molecular complexity index is 1210. The molecule has 0 N–H and O–H groups in total. The Morgan fingerprint density at radius 2 is 1.45 bits per heavy atom. The average molecular weight is 466 g/mol. The zero-order valence-electron chi connectivity index (χ0n) is 18.7. The van der Waals surface area contributed by atoms with Crippen molar-refractivity contribution in [2.45, 2.75) is 23.0 Å². The zero-order valence-corrected chi connectivity index (χ0v) is 19.5. The minimum atomic E-state index is -3.45. The van der Waals surface area contributed by atoms with Crippen LogP contribution in [-0.2, 0) is 9.84 Å². The van der Waals surface area contributed by atoms with Gasteiger partial charge in [-0.25, -0.2) is 8.42 Å². The van der Waals surface area contributed by atoms with Crippen LogP contribution in [0.1, 0.15) is 23.2 Å². The molecule has 6 nitrogen and oxygen atoms in total. The molecule has 7 heteroatoms. The summed E-state index contributed by atoms with van der Waals surface area (Å²) in [5, 5.41) is -0.495. The van der Waals surface area contributed by atoms with Crippen molar-refractivity contribution in [2.75, 3.05) is 27.3 Å². The average Bonchev–Trinajstić information content (AvgIpc) is 2.88. The molecule has 0 aliphatic carbocycles. The predicted octanol–water partition coefficient (Wildman–Crippen LogP) is 4.45. The number of likely N-dealkylation sites (tertiary alicyclic amines) is 1. The van der Waals surface area contributed by atoms with E-state index in [0.717, 1.165) is 16.9 Å². The number of benzene rings is 3. The van der Waals surface area contributed by atoms with Gasteiger partial charge in [0, 0.05) is 18.7 Å². The molecule has 0 unspecified atom stereocenters. The Hall–Kier alpha value is -3.32. The summed E-state index contributed by atoms with van der Waals surface area (Å²) >= 11 is 0. The van der Waals surface area contributed by atoms with Crippen molar-refractivity contribution in [1.29, 1.82) is 0 Å². The van der Waals surface area contributed by atoms with Crippen molar-refractivity contribution in [2.24, 2.45) is 0 Å². The van der Waals surface area contributed by atoms with Crippen molar-refractivity contribution >= 4 is 15.7 Å². The van der Waals surface area contributed by atoms with E-state index in [2.05, 4.69) is 0 Å². The molecule has 0 aromatic heterocycles. The zero-order chi connectivity index (χ0) is 23.4. The number of methoxy groups -OCH3 is 2. The van der Waals surface area contributed by atoms with Gasteiger partial charge in [-0.3, -0.25) is 4.79 Å². The van der Waals surface area contributed by atoms with Crippen LogP contribution >= 0.6 is 0 Å². The first-order valence-electron chi connectivity index (χ1n) is 10.8. The SMILES string of the molecule is COc1ccc(S(=O)(=O)C2CCN(C(=O)c3ccc(-c4cccc(OC)c4)cc3)CC2)cc1. The molecule has 1 heterocycles. The fraction of sp³-hybridized carbons (Fsp3) is 0.269. The highest BCUT2D eigenvalue weighted by atomic mass is 32.2. The van der Waals surface area contributed by atoms with Gasteiger partial charge in [-0.1, -0.05) is 24.3 Å². The van der Waals surface area contributed by atoms with Crippen molar-refractivity contribution in [3.8, 4) is 22.6 Å². The van der Waals surface area contributed by atoms with E-state index in [-0.39, 0.29) is 5.91 Å². The Morgan fingerprint density at radius 1 is 0.818 bits per heavy atom. The molecule has 3 aromatic carbocycles. The van der Waals surface area contributed by atoms with Crippen LogP contribution < -0.4 is 9.47 Å². The van der Waals surface area contributed by atoms with Crippen LogP contribution in [0, 0.1) is 0 Å². The summed E-state index contributed by atoms with van der Waals surface area (Å²) in [6.45, 7) is 0.826. The molecule has 33 heavy (non-hydrogen) atoms. The molecular weight excluding hydrogens is 438 g/mol. The summed E-state index contributed by atoms with van der Waals surface area (Å²) in [6, 6.07) is 21.7. The van der Waals surface area contributed by atoms with Crippen molar-refractivity contribution in [3.63, 3.8) is 0 Å². The predicted molar refractivity (Wildman–Crippen MR) is 128 cm³/mol. The molecule has 0 saturated carbocycles. The first-order valence-corrected chi connectivity index (χ1v) is 12.4. The minimum Gasteiger partial charge on any atom is -0.497 e. The second kappa shape index (κ2) is 9.67. The van der Waals surface area contributed by atoms with E-state index in [4.69, 9.17) is 9.47 Å². The number of nitrogens with zero attached hydrogens (tertiary/aromatic N) is 1. The summed E-state index contributed by atoms with van der Waals surface area (Å²) in [4.78, 5) is 15.0. The maximum atomic E-state index is 13.0. The van der Waals surface area contributed by atoms with Crippen molar-refractivity contribution < 1.29 is 22.7 Å². The molecule has 1 saturated heterocycles. The van der Waals surface area contributed by atoms with Gasteiger partial charge < -0.3 is 14.4 Å². The maximum absolute atomic E-state index is 13.0. The van der Waals surface area contributed by atoms with Gasteiger partial charge in [-0.05, 0) is 72.5 Å². The third kappa shape index (κ3) is 4.88. The van der Waals surface area contributed by atoms with Gasteiger partial charge in [0.2, 0.25) is 0 Å². The Balaban J connectivity index is 1.40. The standard InChI is InChI=1S/C26H27NO5S/c1-31-22-10-12-24(13-11-22)33(29,30)25-14-16-27(17-15-25)26(28)20-8-6-19(7-9-20)21-4-3-5-23(18-21)32-2/h3-13,18,25H,14-17H2,1-2H3. The monoisotopic (exact) mass is 465 g/mol. The number of carbonyl (C=O) groups excluding carboxylic acids is 1. The maximum Gasteiger partial charge on any atom is 0.253 e. The van der Waals surface area contributed by atoms with E-state index in [9.17, 15) is 13.2 Å². The summed E-state index contributed by atoms with van der Waals surface area (Å²) in [5.74, 6) is 1.32. The number of amides is 1. The third-order valence-corrected chi connectivity index (χ3v) is 8.37. The van der Waals surface area contributed by atoms with Gasteiger partial charge in [0.1, 0.15) is 11.5 Å². The number of hydrogen-bond donors (Lipinski definition) is 0. The fourth-order valence-corrected chi connectivity index (χ4v) is 5.85. The van der Waals surface area contributed by atoms with E-state index >= 15 is 0 Å². The molecular formula is C26H27NO5S. The van der Waals surface area contributed by atoms with Gasteiger partial charge in [0.25, 0.3) is 5.91 Å². The molecule has 0 atom stereocenters. The highest BCUT2D eigenvalue weighted by molar-refractivity contribution is 7.92. The van der Waals surface area contributed by atoms with Crippen molar-refractivity contribution in [1.82, 2.24) is 4.90 Å². The number of hydrogen-bond acceptors (Lipinski definition) is 5. The number of carbonyl (C=O) groups is 1. The Kier molecular flexibility index (Phi) is 6.70. The topological polar surface area (TPSA) is 72.9 Å². The Morgan fingerprint density at radius 3 is 2.06 bits per heavy atom. The molecule has 3 aromatic rings. The lowest BCUT2D eigenvalue weighted by Crippen LogP contribution is -2.42. The molecule has 1 amide bonds. The molecule has 0 bridgehead atoms. The first-order chi connectivity index (χ1) is 15.9. The fourth-order valence-electron chi connectivity index (χ4n) is 4.12. The third-order valence-electron chi connectivity index (χ3n) is 6.09. The van der Waals surface area contributed by atoms with Crippen LogP contribution in [0.15, 0.2) is 77.7 Å². The smallest absolute Gasteiger partial charge is 0.253 e. The molecule has 1 fully saturated rings. The van der Waals surface area contributed by atoms with Gasteiger partial charge in [-0.15, -0.1) is 0 Å². The first kappa shape index (κ1) is 22.9. The second-order valence-electron chi connectivity index (χ2n) is 8.02. The summed E-state index contributed by atoms with van der Waals surface area (Å²) in [5.41, 5.74) is 2.60. The lowest BCUT2D eigenvalue weighted by molar-refractivity contribution is 0.0725. The molecule has 0 spiro atoms. The summed E-state index contributed by atoms with van der Waals surface area (Å²) in [7, 11) is -0.271. The molecule has 1 aliphatic heterocycles. The van der Waals surface area contributed by atoms with Crippen LogP contribution in [0.5, 0.6) is 11.5 Å². The lowest BCUT2D eigenvalue weighted by atomic mass is 10.0. The van der Waals surface area contributed by atoms with Crippen LogP contribution in [0.25, 0.3) is 11.1 Å². The molecule has 172 valence electrons. The largest absolute Gasteiger partial charge is 0.497 e. The molecule has 4 rings (SSSR count). The number of sulfone groups is 1. The van der Waals surface area contributed by atoms with E-state index in [1.165, 1.54) is 0 Å². The highest BCUT2D eigenvalue weighted by Crippen LogP contribution is 2.28. The van der Waals surface area contributed by atoms with E-state index in [1.807, 2.05) is 48.5 Å². The highest BCUT2D eigenvalue weighted by Gasteiger charge is 2.33. The van der Waals surface area contributed by atoms with Crippen LogP contribution in [0.2, 0.25) is 0 Å². The number of rotatable bonds is 6. The molecule has 0 radical (unpaired) electrons. The van der Waals surface area contributed by atoms with Crippen LogP contribution in [0.4, 0.5) is 0 Å². The van der Waals surface area contributed by atoms with Gasteiger partial charge in [0.05, 0.1) is 24.4 Å². The lowest BCUT2D eigenvalue weighted by Gasteiger charge is -2.32. The second-order valence-corrected chi connectivity index (χ2v) is 10.2. The summed E-state index contributed by atoms with van der Waals surface area (Å²) < 4.78 is 36.4. The normalized spacial score (nSPS) is 14.7. The quantitative estimate of drug-likeness (QED) is 0.538. The molecule has 1 aliphatic rings. The van der Waals surface area contributed by atoms with E-state index in [1.54, 1.807) is 43.4 Å². The van der Waals surface area contributed by atoms with Gasteiger partial charge in [-0.2, -0.15) is 0 Å². The van der Waals surface area contributed by atoms with Crippen LogP contribution in [-0.4, -0.2) is 51.8 Å². The number of piperidine rings is 1. The van der Waals surface area contributed by atoms with Crippen molar-refractivity contribution in [3.05, 3.63) is 78.4 Å². The Labute approximate surface area is 194 Å². The number of ether oxygens (including phenoxy) is 2.